The number of nitrogens with two attached hydrogens (primary N) is 1. The summed E-state index contributed by atoms with van der Waals surface area (Å²) in [7, 11) is 1.73. The fourth-order valence-electron chi connectivity index (χ4n) is 3.40. The first-order chi connectivity index (χ1) is 13.4. The smallest absolute Gasteiger partial charge is 0.219 e. The van der Waals surface area contributed by atoms with Gasteiger partial charge in [-0.3, -0.25) is 9.79 Å². The van der Waals surface area contributed by atoms with Crippen molar-refractivity contribution in [3.8, 4) is 11.1 Å². The Balaban J connectivity index is 1.83. The molecule has 1 aliphatic heterocycles. The van der Waals surface area contributed by atoms with Gasteiger partial charge in [0.25, 0.3) is 0 Å². The highest BCUT2D eigenvalue weighted by Crippen LogP contribution is 2.25. The van der Waals surface area contributed by atoms with Gasteiger partial charge in [0.2, 0.25) is 5.91 Å². The first-order valence-electron chi connectivity index (χ1n) is 9.12. The summed E-state index contributed by atoms with van der Waals surface area (Å²) in [5.41, 5.74) is 10.6. The summed E-state index contributed by atoms with van der Waals surface area (Å²) in [5.74, 6) is -0.929. The maximum absolute atomic E-state index is 14.0. The molecule has 4 nitrogen and oxygen atoms in total. The third-order valence-electron chi connectivity index (χ3n) is 5.01. The molecule has 0 saturated carbocycles. The van der Waals surface area contributed by atoms with Gasteiger partial charge in [-0.15, -0.1) is 0 Å². The molecule has 6 heteroatoms. The number of carbonyl (C=O) groups is 1. The molecule has 2 N–H and O–H groups in total. The van der Waals surface area contributed by atoms with Crippen molar-refractivity contribution in [1.29, 1.82) is 0 Å². The first-order valence-corrected chi connectivity index (χ1v) is 9.12. The Hall–Kier alpha value is -3.02. The topological polar surface area (TPSA) is 58.7 Å². The lowest BCUT2D eigenvalue weighted by atomic mass is 9.96. The van der Waals surface area contributed by atoms with Crippen LogP contribution in [0.1, 0.15) is 18.9 Å². The Morgan fingerprint density at radius 2 is 1.89 bits per heavy atom. The number of allylic oxidation sites excluding steroid dienone is 1. The summed E-state index contributed by atoms with van der Waals surface area (Å²) in [5, 5.41) is 0. The van der Waals surface area contributed by atoms with Crippen molar-refractivity contribution in [2.24, 2.45) is 10.7 Å². The Morgan fingerprint density at radius 1 is 1.18 bits per heavy atom. The van der Waals surface area contributed by atoms with E-state index in [4.69, 9.17) is 5.73 Å². The number of piperidine rings is 1. The van der Waals surface area contributed by atoms with Crippen LogP contribution >= 0.6 is 0 Å². The van der Waals surface area contributed by atoms with Gasteiger partial charge in [-0.05, 0) is 29.3 Å². The van der Waals surface area contributed by atoms with Gasteiger partial charge >= 0.3 is 0 Å². The van der Waals surface area contributed by atoms with E-state index in [1.165, 1.54) is 6.07 Å². The van der Waals surface area contributed by atoms with Gasteiger partial charge in [0.1, 0.15) is 11.6 Å². The standard InChI is InChI=1S/C22H23F2N3O/c1-14(28)27-10-9-22(26-2)19(13-27)21(25)11-15-3-5-16(6-4-15)18-12-17(23)7-8-20(18)24/h3-8,12H,9-11,13,25H2,1-2H3. The second-order valence-electron chi connectivity index (χ2n) is 6.86. The molecule has 1 aliphatic rings. The number of halogens is 2. The van der Waals surface area contributed by atoms with E-state index in [1.54, 1.807) is 31.0 Å². The number of nitrogens with zero attached hydrogens (tertiary/aromatic N) is 2. The van der Waals surface area contributed by atoms with Crippen molar-refractivity contribution >= 4 is 11.6 Å². The predicted octanol–water partition coefficient (Wildman–Crippen LogP) is 3.71. The molecule has 2 aromatic rings. The monoisotopic (exact) mass is 383 g/mol. The zero-order valence-corrected chi connectivity index (χ0v) is 16.0. The molecule has 28 heavy (non-hydrogen) atoms. The number of carbonyl (C=O) groups excluding carboxylic acids is 1. The highest BCUT2D eigenvalue weighted by atomic mass is 19.1. The number of benzene rings is 2. The molecule has 0 bridgehead atoms. The molecule has 2 aromatic carbocycles. The van der Waals surface area contributed by atoms with E-state index in [2.05, 4.69) is 4.99 Å². The van der Waals surface area contributed by atoms with Crippen LogP contribution in [0.4, 0.5) is 8.78 Å². The third kappa shape index (κ3) is 4.27. The number of likely N-dealkylation sites (tertiary alicyclic amines) is 1. The van der Waals surface area contributed by atoms with Crippen LogP contribution in [0.25, 0.3) is 11.1 Å². The second kappa shape index (κ2) is 8.33. The van der Waals surface area contributed by atoms with Gasteiger partial charge in [0, 0.05) is 62.4 Å². The van der Waals surface area contributed by atoms with Crippen LogP contribution in [0.15, 0.2) is 58.7 Å². The number of amides is 1. The van der Waals surface area contributed by atoms with E-state index in [-0.39, 0.29) is 11.5 Å². The fraction of sp³-hybridized carbons (Fsp3) is 0.273. The third-order valence-corrected chi connectivity index (χ3v) is 5.01. The van der Waals surface area contributed by atoms with Gasteiger partial charge in [0.15, 0.2) is 0 Å². The molecule has 0 atom stereocenters. The maximum Gasteiger partial charge on any atom is 0.219 e. The highest BCUT2D eigenvalue weighted by molar-refractivity contribution is 6.02. The average Bonchev–Trinajstić information content (AvgIpc) is 2.69. The summed E-state index contributed by atoms with van der Waals surface area (Å²) < 4.78 is 27.4. The SMILES string of the molecule is CN=C1CCN(C(C)=O)CC1=C(N)Cc1ccc(-c2cc(F)ccc2F)cc1. The summed E-state index contributed by atoms with van der Waals surface area (Å²) in [4.78, 5) is 17.8. The molecule has 1 fully saturated rings. The van der Waals surface area contributed by atoms with Crippen LogP contribution < -0.4 is 5.73 Å². The number of aliphatic imine (C=N–C) groups is 1. The Kier molecular flexibility index (Phi) is 5.87. The lowest BCUT2D eigenvalue weighted by Crippen LogP contribution is -2.40. The zero-order chi connectivity index (χ0) is 20.3. The zero-order valence-electron chi connectivity index (χ0n) is 16.0. The number of hydrogen-bond donors (Lipinski definition) is 1. The molecule has 1 saturated heterocycles. The number of hydrogen-bond acceptors (Lipinski definition) is 3. The van der Waals surface area contributed by atoms with Crippen molar-refractivity contribution in [2.75, 3.05) is 20.1 Å². The Bertz CT molecular complexity index is 949. The van der Waals surface area contributed by atoms with Crippen molar-refractivity contribution in [3.05, 3.63) is 70.9 Å². The van der Waals surface area contributed by atoms with Crippen molar-refractivity contribution in [2.45, 2.75) is 19.8 Å². The fourth-order valence-corrected chi connectivity index (χ4v) is 3.40. The van der Waals surface area contributed by atoms with Crippen LogP contribution in [0.2, 0.25) is 0 Å². The van der Waals surface area contributed by atoms with E-state index in [0.717, 1.165) is 29.0 Å². The van der Waals surface area contributed by atoms with E-state index in [0.29, 0.717) is 37.2 Å². The van der Waals surface area contributed by atoms with E-state index < -0.39 is 11.6 Å². The van der Waals surface area contributed by atoms with Crippen LogP contribution in [0, 0.1) is 11.6 Å². The minimum atomic E-state index is -0.479. The Morgan fingerprint density at radius 3 is 2.54 bits per heavy atom. The molecule has 3 rings (SSSR count). The summed E-state index contributed by atoms with van der Waals surface area (Å²) in [6.07, 6.45) is 1.18. The minimum Gasteiger partial charge on any atom is -0.401 e. The molecule has 1 amide bonds. The summed E-state index contributed by atoms with van der Waals surface area (Å²) in [6, 6.07) is 10.6. The molecule has 1 heterocycles. The van der Waals surface area contributed by atoms with Crippen LogP contribution in [-0.2, 0) is 11.2 Å². The van der Waals surface area contributed by atoms with E-state index >= 15 is 0 Å². The van der Waals surface area contributed by atoms with E-state index in [1.807, 2.05) is 12.1 Å². The molecule has 0 aromatic heterocycles. The molecule has 0 aliphatic carbocycles. The number of rotatable bonds is 3. The molecular weight excluding hydrogens is 360 g/mol. The van der Waals surface area contributed by atoms with Crippen molar-refractivity contribution in [1.82, 2.24) is 4.90 Å². The largest absolute Gasteiger partial charge is 0.401 e. The van der Waals surface area contributed by atoms with Crippen molar-refractivity contribution < 1.29 is 13.6 Å². The highest BCUT2D eigenvalue weighted by Gasteiger charge is 2.23. The predicted molar refractivity (Wildman–Crippen MR) is 107 cm³/mol. The summed E-state index contributed by atoms with van der Waals surface area (Å²) in [6.45, 7) is 2.65. The molecular formula is C22H23F2N3O. The van der Waals surface area contributed by atoms with Gasteiger partial charge in [-0.1, -0.05) is 24.3 Å². The Labute approximate surface area is 163 Å². The second-order valence-corrected chi connectivity index (χ2v) is 6.86. The van der Waals surface area contributed by atoms with Crippen LogP contribution in [-0.4, -0.2) is 36.7 Å². The quantitative estimate of drug-likeness (QED) is 0.878. The lowest BCUT2D eigenvalue weighted by molar-refractivity contribution is -0.128. The molecule has 146 valence electrons. The molecule has 0 unspecified atom stereocenters. The van der Waals surface area contributed by atoms with Crippen molar-refractivity contribution in [3.63, 3.8) is 0 Å². The van der Waals surface area contributed by atoms with Gasteiger partial charge in [-0.25, -0.2) is 8.78 Å². The van der Waals surface area contributed by atoms with Crippen LogP contribution in [0.5, 0.6) is 0 Å². The minimum absolute atomic E-state index is 0.0157. The average molecular weight is 383 g/mol. The lowest BCUT2D eigenvalue weighted by Gasteiger charge is -2.30. The first kappa shape index (κ1) is 19.7. The van der Waals surface area contributed by atoms with E-state index in [9.17, 15) is 13.6 Å². The van der Waals surface area contributed by atoms with Gasteiger partial charge in [-0.2, -0.15) is 0 Å². The summed E-state index contributed by atoms with van der Waals surface area (Å²) >= 11 is 0. The van der Waals surface area contributed by atoms with Gasteiger partial charge < -0.3 is 10.6 Å². The normalized spacial score (nSPS) is 17.7. The molecule has 0 radical (unpaired) electrons. The van der Waals surface area contributed by atoms with Crippen LogP contribution in [0.3, 0.4) is 0 Å². The van der Waals surface area contributed by atoms with Gasteiger partial charge in [0.05, 0.1) is 0 Å². The molecule has 0 spiro atoms. The maximum atomic E-state index is 14.0.